The molecule has 2 N–H and O–H groups in total. The number of benzene rings is 3. The summed E-state index contributed by atoms with van der Waals surface area (Å²) in [6.07, 6.45) is 0. The second-order valence-corrected chi connectivity index (χ2v) is 8.15. The van der Waals surface area contributed by atoms with E-state index in [1.54, 1.807) is 55.5 Å². The lowest BCUT2D eigenvalue weighted by Crippen LogP contribution is -2.15. The molecule has 1 heterocycles. The fraction of sp³-hybridized carbons (Fsp3) is 0.0952. The average molecular weight is 410 g/mol. The molecule has 0 aliphatic carbocycles. The minimum absolute atomic E-state index is 0.126. The number of hydrogen-bond acceptors (Lipinski definition) is 5. The second-order valence-electron chi connectivity index (χ2n) is 6.50. The van der Waals surface area contributed by atoms with Gasteiger partial charge in [-0.25, -0.2) is 8.42 Å². The van der Waals surface area contributed by atoms with E-state index in [1.165, 1.54) is 19.2 Å². The Morgan fingerprint density at radius 2 is 1.79 bits per heavy atom. The van der Waals surface area contributed by atoms with Gasteiger partial charge in [0.2, 0.25) is 0 Å². The molecule has 1 aliphatic heterocycles. The molecule has 3 aromatic rings. The number of carbonyl (C=O) groups excluding carboxylic acids is 1. The molecule has 0 saturated carbocycles. The zero-order chi connectivity index (χ0) is 20.6. The first-order chi connectivity index (χ1) is 13.9. The highest BCUT2D eigenvalue weighted by Gasteiger charge is 2.23. The number of anilines is 2. The zero-order valence-electron chi connectivity index (χ0n) is 15.7. The molecular formula is C21H18N2O5S. The number of aryl methyl sites for hydroxylation is 1. The molecule has 148 valence electrons. The van der Waals surface area contributed by atoms with Crippen molar-refractivity contribution in [1.29, 1.82) is 0 Å². The molecule has 29 heavy (non-hydrogen) atoms. The van der Waals surface area contributed by atoms with Crippen molar-refractivity contribution in [3.05, 3.63) is 71.8 Å². The summed E-state index contributed by atoms with van der Waals surface area (Å²) in [6.45, 7) is 1.69. The monoisotopic (exact) mass is 410 g/mol. The molecule has 0 aromatic heterocycles. The van der Waals surface area contributed by atoms with Gasteiger partial charge in [-0.3, -0.25) is 9.52 Å². The Balaban J connectivity index is 1.66. The summed E-state index contributed by atoms with van der Waals surface area (Å²) in [4.78, 5) is 12.7. The van der Waals surface area contributed by atoms with Crippen LogP contribution in [0.4, 0.5) is 11.4 Å². The van der Waals surface area contributed by atoms with Crippen molar-refractivity contribution in [2.45, 2.75) is 11.8 Å². The van der Waals surface area contributed by atoms with Crippen molar-refractivity contribution >= 4 is 27.3 Å². The summed E-state index contributed by atoms with van der Waals surface area (Å²) in [5.74, 6) is 1.05. The van der Waals surface area contributed by atoms with Gasteiger partial charge in [-0.1, -0.05) is 12.1 Å². The van der Waals surface area contributed by atoms with Crippen molar-refractivity contribution in [2.24, 2.45) is 0 Å². The van der Waals surface area contributed by atoms with Crippen molar-refractivity contribution in [2.75, 3.05) is 17.1 Å². The lowest BCUT2D eigenvalue weighted by molar-refractivity contribution is 0.102. The van der Waals surface area contributed by atoms with E-state index in [0.717, 1.165) is 0 Å². The maximum atomic E-state index is 12.8. The molecule has 1 amide bonds. The molecule has 0 bridgehead atoms. The van der Waals surface area contributed by atoms with E-state index in [9.17, 15) is 13.2 Å². The third-order valence-corrected chi connectivity index (χ3v) is 6.04. The van der Waals surface area contributed by atoms with Crippen LogP contribution >= 0.6 is 0 Å². The molecule has 0 atom stereocenters. The Hall–Kier alpha value is -3.52. The summed E-state index contributed by atoms with van der Waals surface area (Å²) < 4.78 is 39.1. The predicted molar refractivity (Wildman–Crippen MR) is 109 cm³/mol. The average Bonchev–Trinajstić information content (AvgIpc) is 2.83. The number of nitrogens with one attached hydrogen (secondary N) is 2. The van der Waals surface area contributed by atoms with Gasteiger partial charge in [-0.2, -0.15) is 0 Å². The van der Waals surface area contributed by atoms with E-state index < -0.39 is 10.0 Å². The van der Waals surface area contributed by atoms with Crippen molar-refractivity contribution in [1.82, 2.24) is 0 Å². The third-order valence-electron chi connectivity index (χ3n) is 4.50. The highest BCUT2D eigenvalue weighted by molar-refractivity contribution is 7.92. The second kappa shape index (κ2) is 7.14. The number of fused-ring (bicyclic) bond motifs is 2. The Morgan fingerprint density at radius 1 is 1.00 bits per heavy atom. The highest BCUT2D eigenvalue weighted by atomic mass is 32.2. The number of carbonyl (C=O) groups is 1. The molecule has 0 spiro atoms. The molecule has 3 aromatic carbocycles. The first kappa shape index (κ1) is 18.8. The van der Waals surface area contributed by atoms with Crippen LogP contribution in [0.5, 0.6) is 17.2 Å². The Bertz CT molecular complexity index is 1220. The van der Waals surface area contributed by atoms with Crippen LogP contribution in [0.15, 0.2) is 65.6 Å². The minimum Gasteiger partial charge on any atom is -0.497 e. The highest BCUT2D eigenvalue weighted by Crippen LogP contribution is 2.36. The predicted octanol–water partition coefficient (Wildman–Crippen LogP) is 4.16. The summed E-state index contributed by atoms with van der Waals surface area (Å²) in [6, 6.07) is 16.3. The van der Waals surface area contributed by atoms with E-state index in [1.807, 2.05) is 0 Å². The molecule has 1 aliphatic rings. The van der Waals surface area contributed by atoms with Gasteiger partial charge in [-0.05, 0) is 61.0 Å². The first-order valence-corrected chi connectivity index (χ1v) is 10.3. The van der Waals surface area contributed by atoms with Gasteiger partial charge >= 0.3 is 0 Å². The Labute approximate surface area is 168 Å². The fourth-order valence-electron chi connectivity index (χ4n) is 3.09. The molecule has 0 fully saturated rings. The van der Waals surface area contributed by atoms with Crippen LogP contribution in [0.1, 0.15) is 15.9 Å². The van der Waals surface area contributed by atoms with Gasteiger partial charge in [-0.15, -0.1) is 0 Å². The quantitative estimate of drug-likeness (QED) is 0.674. The number of para-hydroxylation sites is 2. The molecule has 0 saturated heterocycles. The van der Waals surface area contributed by atoms with Crippen LogP contribution in [0.3, 0.4) is 0 Å². The number of sulfonamides is 1. The Morgan fingerprint density at radius 3 is 2.55 bits per heavy atom. The van der Waals surface area contributed by atoms with Gasteiger partial charge < -0.3 is 14.8 Å². The van der Waals surface area contributed by atoms with Crippen LogP contribution in [-0.2, 0) is 10.0 Å². The van der Waals surface area contributed by atoms with Crippen LogP contribution in [0, 0.1) is 6.92 Å². The molecule has 0 radical (unpaired) electrons. The van der Waals surface area contributed by atoms with E-state index in [4.69, 9.17) is 9.47 Å². The van der Waals surface area contributed by atoms with E-state index in [0.29, 0.717) is 28.5 Å². The molecular weight excluding hydrogens is 392 g/mol. The standard InChI is InChI=1S/C21H18N2O5S/c1-13-11-15(27-2)8-10-20(13)29(25,26)23-14-7-9-18-16(12-14)21(24)22-17-5-3-4-6-19(17)28-18/h3-12,23H,1-2H3,(H,22,24). The van der Waals surface area contributed by atoms with Crippen LogP contribution in [-0.4, -0.2) is 21.4 Å². The van der Waals surface area contributed by atoms with E-state index in [-0.39, 0.29) is 22.1 Å². The summed E-state index contributed by atoms with van der Waals surface area (Å²) in [5, 5.41) is 2.77. The number of rotatable bonds is 4. The number of hydrogen-bond donors (Lipinski definition) is 2. The maximum absolute atomic E-state index is 12.8. The summed E-state index contributed by atoms with van der Waals surface area (Å²) in [7, 11) is -2.34. The zero-order valence-corrected chi connectivity index (χ0v) is 16.5. The molecule has 4 rings (SSSR count). The number of methoxy groups -OCH3 is 1. The van der Waals surface area contributed by atoms with Crippen LogP contribution < -0.4 is 19.5 Å². The molecule has 8 heteroatoms. The van der Waals surface area contributed by atoms with Gasteiger partial charge in [0.15, 0.2) is 5.75 Å². The van der Waals surface area contributed by atoms with E-state index in [2.05, 4.69) is 10.0 Å². The van der Waals surface area contributed by atoms with Gasteiger partial charge in [0.1, 0.15) is 11.5 Å². The normalized spacial score (nSPS) is 12.7. The van der Waals surface area contributed by atoms with Gasteiger partial charge in [0.25, 0.3) is 15.9 Å². The van der Waals surface area contributed by atoms with Crippen molar-refractivity contribution in [3.8, 4) is 17.2 Å². The van der Waals surface area contributed by atoms with Gasteiger partial charge in [0.05, 0.1) is 23.3 Å². The summed E-state index contributed by atoms with van der Waals surface area (Å²) in [5.41, 5.74) is 1.57. The number of amides is 1. The summed E-state index contributed by atoms with van der Waals surface area (Å²) >= 11 is 0. The lowest BCUT2D eigenvalue weighted by atomic mass is 10.1. The topological polar surface area (TPSA) is 93.7 Å². The third kappa shape index (κ3) is 3.62. The molecule has 0 unspecified atom stereocenters. The smallest absolute Gasteiger partial charge is 0.262 e. The van der Waals surface area contributed by atoms with Crippen molar-refractivity contribution in [3.63, 3.8) is 0 Å². The number of ether oxygens (including phenoxy) is 2. The fourth-order valence-corrected chi connectivity index (χ4v) is 4.36. The van der Waals surface area contributed by atoms with E-state index >= 15 is 0 Å². The first-order valence-electron chi connectivity index (χ1n) is 8.77. The Kier molecular flexibility index (Phi) is 4.63. The van der Waals surface area contributed by atoms with Crippen LogP contribution in [0.25, 0.3) is 0 Å². The lowest BCUT2D eigenvalue weighted by Gasteiger charge is -2.13. The van der Waals surface area contributed by atoms with Gasteiger partial charge in [0, 0.05) is 5.69 Å². The minimum atomic E-state index is -3.85. The molecule has 7 nitrogen and oxygen atoms in total. The SMILES string of the molecule is COc1ccc(S(=O)(=O)Nc2ccc3c(c2)C(=O)Nc2ccccc2O3)c(C)c1. The maximum Gasteiger partial charge on any atom is 0.262 e. The van der Waals surface area contributed by atoms with Crippen LogP contribution in [0.2, 0.25) is 0 Å². The largest absolute Gasteiger partial charge is 0.497 e. The van der Waals surface area contributed by atoms with Crippen molar-refractivity contribution < 1.29 is 22.7 Å².